The summed E-state index contributed by atoms with van der Waals surface area (Å²) in [6.45, 7) is 3.73. The molecular weight excluding hydrogens is 240 g/mol. The molecule has 0 radical (unpaired) electrons. The Balaban J connectivity index is 2.57. The maximum Gasteiger partial charge on any atom is 0.240 e. The molecule has 17 heavy (non-hydrogen) atoms. The highest BCUT2D eigenvalue weighted by atomic mass is 32.2. The van der Waals surface area contributed by atoms with Crippen LogP contribution in [-0.2, 0) is 14.8 Å². The van der Waals surface area contributed by atoms with Crippen molar-refractivity contribution >= 4 is 15.9 Å². The summed E-state index contributed by atoms with van der Waals surface area (Å²) < 4.78 is 25.9. The SMILES string of the molecule is CC(=O)NCCNS(=O)(=O)c1ccc(C)cc1. The third-order valence-electron chi connectivity index (χ3n) is 2.12. The molecule has 0 spiro atoms. The van der Waals surface area contributed by atoms with Crippen LogP contribution in [0.3, 0.4) is 0 Å². The summed E-state index contributed by atoms with van der Waals surface area (Å²) in [7, 11) is -3.48. The second-order valence-electron chi connectivity index (χ2n) is 3.69. The topological polar surface area (TPSA) is 75.3 Å². The van der Waals surface area contributed by atoms with Gasteiger partial charge in [0.15, 0.2) is 0 Å². The van der Waals surface area contributed by atoms with E-state index in [-0.39, 0.29) is 23.9 Å². The van der Waals surface area contributed by atoms with Gasteiger partial charge < -0.3 is 5.32 Å². The van der Waals surface area contributed by atoms with E-state index in [0.717, 1.165) is 5.56 Å². The van der Waals surface area contributed by atoms with Crippen LogP contribution in [-0.4, -0.2) is 27.4 Å². The van der Waals surface area contributed by atoms with E-state index in [2.05, 4.69) is 10.0 Å². The van der Waals surface area contributed by atoms with Gasteiger partial charge in [0, 0.05) is 20.0 Å². The molecule has 6 heteroatoms. The second-order valence-corrected chi connectivity index (χ2v) is 5.46. The van der Waals surface area contributed by atoms with E-state index in [1.54, 1.807) is 24.3 Å². The Morgan fingerprint density at radius 2 is 1.76 bits per heavy atom. The van der Waals surface area contributed by atoms with Crippen molar-refractivity contribution in [3.63, 3.8) is 0 Å². The van der Waals surface area contributed by atoms with Crippen molar-refractivity contribution in [3.05, 3.63) is 29.8 Å². The van der Waals surface area contributed by atoms with Crippen LogP contribution >= 0.6 is 0 Å². The van der Waals surface area contributed by atoms with Crippen molar-refractivity contribution in [2.45, 2.75) is 18.7 Å². The fraction of sp³-hybridized carbons (Fsp3) is 0.364. The first-order valence-corrected chi connectivity index (χ1v) is 6.71. The van der Waals surface area contributed by atoms with Gasteiger partial charge in [0.2, 0.25) is 15.9 Å². The largest absolute Gasteiger partial charge is 0.355 e. The third kappa shape index (κ3) is 4.54. The number of benzene rings is 1. The molecule has 0 saturated carbocycles. The van der Waals surface area contributed by atoms with Crippen molar-refractivity contribution in [2.75, 3.05) is 13.1 Å². The van der Waals surface area contributed by atoms with E-state index in [4.69, 9.17) is 0 Å². The molecular formula is C11H16N2O3S. The van der Waals surface area contributed by atoms with E-state index >= 15 is 0 Å². The number of rotatable bonds is 5. The lowest BCUT2D eigenvalue weighted by atomic mass is 10.2. The third-order valence-corrected chi connectivity index (χ3v) is 3.60. The van der Waals surface area contributed by atoms with Crippen LogP contribution in [0.4, 0.5) is 0 Å². The monoisotopic (exact) mass is 256 g/mol. The summed E-state index contributed by atoms with van der Waals surface area (Å²) in [6.07, 6.45) is 0. The predicted molar refractivity (Wildman–Crippen MR) is 65.1 cm³/mol. The molecule has 94 valence electrons. The van der Waals surface area contributed by atoms with Gasteiger partial charge in [0.25, 0.3) is 0 Å². The van der Waals surface area contributed by atoms with E-state index in [1.165, 1.54) is 6.92 Å². The van der Waals surface area contributed by atoms with Gasteiger partial charge in [0.05, 0.1) is 4.90 Å². The summed E-state index contributed by atoms with van der Waals surface area (Å²) >= 11 is 0. The summed E-state index contributed by atoms with van der Waals surface area (Å²) in [5, 5.41) is 2.51. The number of hydrogen-bond acceptors (Lipinski definition) is 3. The molecule has 1 rings (SSSR count). The molecule has 0 fully saturated rings. The van der Waals surface area contributed by atoms with Gasteiger partial charge in [-0.15, -0.1) is 0 Å². The highest BCUT2D eigenvalue weighted by Crippen LogP contribution is 2.09. The Hall–Kier alpha value is -1.40. The summed E-state index contributed by atoms with van der Waals surface area (Å²) in [4.78, 5) is 10.8. The molecule has 1 aromatic rings. The molecule has 0 unspecified atom stereocenters. The molecule has 5 nitrogen and oxygen atoms in total. The number of amides is 1. The van der Waals surface area contributed by atoms with Crippen LogP contribution in [0.15, 0.2) is 29.2 Å². The van der Waals surface area contributed by atoms with Gasteiger partial charge in [0.1, 0.15) is 0 Å². The lowest BCUT2D eigenvalue weighted by Gasteiger charge is -2.07. The van der Waals surface area contributed by atoms with Gasteiger partial charge in [-0.2, -0.15) is 0 Å². The highest BCUT2D eigenvalue weighted by Gasteiger charge is 2.12. The van der Waals surface area contributed by atoms with Gasteiger partial charge in [-0.25, -0.2) is 13.1 Å². The maximum absolute atomic E-state index is 11.8. The summed E-state index contributed by atoms with van der Waals surface area (Å²) in [6, 6.07) is 6.58. The van der Waals surface area contributed by atoms with Gasteiger partial charge in [-0.05, 0) is 19.1 Å². The Morgan fingerprint density at radius 3 is 2.29 bits per heavy atom. The fourth-order valence-electron chi connectivity index (χ4n) is 1.22. The lowest BCUT2D eigenvalue weighted by Crippen LogP contribution is -2.33. The molecule has 0 atom stereocenters. The Bertz CT molecular complexity index is 480. The van der Waals surface area contributed by atoms with Crippen molar-refractivity contribution in [1.29, 1.82) is 0 Å². The summed E-state index contributed by atoms with van der Waals surface area (Å²) in [5.74, 6) is -0.181. The minimum atomic E-state index is -3.48. The Labute approximate surface area is 101 Å². The van der Waals surface area contributed by atoms with E-state index in [1.807, 2.05) is 6.92 Å². The van der Waals surface area contributed by atoms with Gasteiger partial charge >= 0.3 is 0 Å². The van der Waals surface area contributed by atoms with Crippen LogP contribution in [0, 0.1) is 6.92 Å². The smallest absolute Gasteiger partial charge is 0.240 e. The first-order valence-electron chi connectivity index (χ1n) is 5.22. The first-order chi connectivity index (χ1) is 7.92. The van der Waals surface area contributed by atoms with Crippen molar-refractivity contribution in [2.24, 2.45) is 0 Å². The minimum absolute atomic E-state index is 0.176. The Kier molecular flexibility index (Phi) is 4.65. The van der Waals surface area contributed by atoms with E-state index in [9.17, 15) is 13.2 Å². The zero-order chi connectivity index (χ0) is 12.9. The molecule has 2 N–H and O–H groups in total. The Morgan fingerprint density at radius 1 is 1.18 bits per heavy atom. The van der Waals surface area contributed by atoms with Crippen molar-refractivity contribution < 1.29 is 13.2 Å². The second kappa shape index (κ2) is 5.79. The van der Waals surface area contributed by atoms with Crippen LogP contribution in [0.1, 0.15) is 12.5 Å². The van der Waals surface area contributed by atoms with Crippen molar-refractivity contribution in [3.8, 4) is 0 Å². The zero-order valence-corrected chi connectivity index (χ0v) is 10.7. The van der Waals surface area contributed by atoms with E-state index in [0.29, 0.717) is 0 Å². The molecule has 1 amide bonds. The molecule has 1 aromatic carbocycles. The number of nitrogens with one attached hydrogen (secondary N) is 2. The number of carbonyl (C=O) groups is 1. The van der Waals surface area contributed by atoms with Crippen molar-refractivity contribution in [1.82, 2.24) is 10.0 Å². The molecule has 0 saturated heterocycles. The number of aryl methyl sites for hydroxylation is 1. The normalized spacial score (nSPS) is 11.2. The predicted octanol–water partition coefficient (Wildman–Crippen LogP) is 0.409. The first kappa shape index (κ1) is 13.7. The standard InChI is InChI=1S/C11H16N2O3S/c1-9-3-5-11(6-4-9)17(15,16)13-8-7-12-10(2)14/h3-6,13H,7-8H2,1-2H3,(H,12,14). The van der Waals surface area contributed by atoms with Crippen LogP contribution in [0.2, 0.25) is 0 Å². The van der Waals surface area contributed by atoms with Crippen LogP contribution < -0.4 is 10.0 Å². The molecule has 0 aliphatic heterocycles. The highest BCUT2D eigenvalue weighted by molar-refractivity contribution is 7.89. The fourth-order valence-corrected chi connectivity index (χ4v) is 2.26. The van der Waals surface area contributed by atoms with Crippen LogP contribution in [0.5, 0.6) is 0 Å². The lowest BCUT2D eigenvalue weighted by molar-refractivity contribution is -0.118. The maximum atomic E-state index is 11.8. The number of sulfonamides is 1. The molecule has 0 aliphatic carbocycles. The average molecular weight is 256 g/mol. The zero-order valence-electron chi connectivity index (χ0n) is 9.86. The summed E-state index contributed by atoms with van der Waals surface area (Å²) in [5.41, 5.74) is 1.00. The quantitative estimate of drug-likeness (QED) is 0.749. The number of hydrogen-bond donors (Lipinski definition) is 2. The molecule has 0 bridgehead atoms. The average Bonchev–Trinajstić information content (AvgIpc) is 2.25. The molecule has 0 aromatic heterocycles. The van der Waals surface area contributed by atoms with Gasteiger partial charge in [-0.1, -0.05) is 17.7 Å². The van der Waals surface area contributed by atoms with Crippen LogP contribution in [0.25, 0.3) is 0 Å². The van der Waals surface area contributed by atoms with Gasteiger partial charge in [-0.3, -0.25) is 4.79 Å². The molecule has 0 aliphatic rings. The van der Waals surface area contributed by atoms with E-state index < -0.39 is 10.0 Å². The number of carbonyl (C=O) groups excluding carboxylic acids is 1. The minimum Gasteiger partial charge on any atom is -0.355 e. The molecule has 0 heterocycles.